The van der Waals surface area contributed by atoms with E-state index in [-0.39, 0.29) is 0 Å². The molecule has 2 nitrogen and oxygen atoms in total. The average molecular weight is 295 g/mol. The van der Waals surface area contributed by atoms with Crippen LogP contribution in [-0.2, 0) is 6.54 Å². The van der Waals surface area contributed by atoms with Gasteiger partial charge in [-0.25, -0.2) is 0 Å². The fourth-order valence-corrected chi connectivity index (χ4v) is 3.76. The monoisotopic (exact) mass is 294 g/mol. The van der Waals surface area contributed by atoms with Crippen LogP contribution in [0.4, 0.5) is 5.69 Å². The highest BCUT2D eigenvalue weighted by Crippen LogP contribution is 2.37. The van der Waals surface area contributed by atoms with Crippen LogP contribution >= 0.6 is 34.3 Å². The molecule has 0 fully saturated rings. The van der Waals surface area contributed by atoms with Gasteiger partial charge in [0, 0.05) is 23.2 Å². The van der Waals surface area contributed by atoms with Crippen LogP contribution in [0, 0.1) is 6.92 Å². The van der Waals surface area contributed by atoms with Gasteiger partial charge in [-0.3, -0.25) is 4.98 Å². The molecular formula is C13H11ClN2S2. The van der Waals surface area contributed by atoms with Gasteiger partial charge >= 0.3 is 0 Å². The molecule has 0 radical (unpaired) electrons. The fourth-order valence-electron chi connectivity index (χ4n) is 1.81. The largest absolute Gasteiger partial charge is 0.379 e. The number of anilines is 1. The van der Waals surface area contributed by atoms with Crippen molar-refractivity contribution in [3.05, 3.63) is 44.6 Å². The normalized spacial score (nSPS) is 11.0. The van der Waals surface area contributed by atoms with Crippen molar-refractivity contribution in [2.75, 3.05) is 5.32 Å². The van der Waals surface area contributed by atoms with Crippen LogP contribution in [0.1, 0.15) is 10.4 Å². The zero-order valence-electron chi connectivity index (χ0n) is 9.74. The molecule has 0 atom stereocenters. The van der Waals surface area contributed by atoms with Gasteiger partial charge in [0.05, 0.1) is 20.2 Å². The number of rotatable bonds is 3. The molecule has 0 bridgehead atoms. The Kier molecular flexibility index (Phi) is 3.24. The number of nitrogens with one attached hydrogen (secondary N) is 1. The summed E-state index contributed by atoms with van der Waals surface area (Å²) in [5, 5.41) is 5.54. The Morgan fingerprint density at radius 2 is 2.28 bits per heavy atom. The summed E-state index contributed by atoms with van der Waals surface area (Å²) in [6.07, 6.45) is 1.83. The number of aromatic nitrogens is 1. The van der Waals surface area contributed by atoms with Crippen molar-refractivity contribution in [1.82, 2.24) is 4.98 Å². The first-order chi connectivity index (χ1) is 8.75. The molecular weight excluding hydrogens is 284 g/mol. The predicted molar refractivity (Wildman–Crippen MR) is 81.0 cm³/mol. The van der Waals surface area contributed by atoms with E-state index in [0.29, 0.717) is 0 Å². The summed E-state index contributed by atoms with van der Waals surface area (Å²) in [4.78, 5) is 5.71. The molecule has 0 aromatic carbocycles. The summed E-state index contributed by atoms with van der Waals surface area (Å²) in [6, 6.07) is 6.20. The van der Waals surface area contributed by atoms with Crippen LogP contribution in [0.3, 0.4) is 0 Å². The van der Waals surface area contributed by atoms with Gasteiger partial charge in [0.1, 0.15) is 0 Å². The minimum atomic E-state index is 0.822. The lowest BCUT2D eigenvalue weighted by Crippen LogP contribution is -1.97. The molecule has 3 aromatic heterocycles. The standard InChI is InChI=1S/C13H11ClN2S2/c1-8-11-12(18-13(8)14)10(4-5-15-11)16-7-9-3-2-6-17-9/h2-6H,7H2,1H3,(H,15,16). The molecule has 0 aliphatic carbocycles. The Hall–Kier alpha value is -1.10. The van der Waals surface area contributed by atoms with Crippen LogP contribution in [0.15, 0.2) is 29.8 Å². The lowest BCUT2D eigenvalue weighted by atomic mass is 10.2. The van der Waals surface area contributed by atoms with E-state index in [2.05, 4.69) is 27.8 Å². The van der Waals surface area contributed by atoms with Crippen molar-refractivity contribution in [2.45, 2.75) is 13.5 Å². The topological polar surface area (TPSA) is 24.9 Å². The first-order valence-electron chi connectivity index (χ1n) is 5.55. The fraction of sp³-hybridized carbons (Fsp3) is 0.154. The number of halogens is 1. The second-order valence-electron chi connectivity index (χ2n) is 3.97. The molecule has 92 valence electrons. The van der Waals surface area contributed by atoms with Gasteiger partial charge in [0.25, 0.3) is 0 Å². The molecule has 3 heterocycles. The lowest BCUT2D eigenvalue weighted by molar-refractivity contribution is 1.20. The summed E-state index contributed by atoms with van der Waals surface area (Å²) in [5.41, 5.74) is 3.17. The molecule has 0 unspecified atom stereocenters. The number of hydrogen-bond acceptors (Lipinski definition) is 4. The van der Waals surface area contributed by atoms with Crippen molar-refractivity contribution in [3.63, 3.8) is 0 Å². The quantitative estimate of drug-likeness (QED) is 0.741. The third kappa shape index (κ3) is 2.11. The number of thiophene rings is 2. The van der Waals surface area contributed by atoms with Gasteiger partial charge in [-0.05, 0) is 24.4 Å². The summed E-state index contributed by atoms with van der Waals surface area (Å²) >= 11 is 9.52. The minimum Gasteiger partial charge on any atom is -0.379 e. The van der Waals surface area contributed by atoms with Crippen LogP contribution in [0.2, 0.25) is 4.34 Å². The van der Waals surface area contributed by atoms with Crippen molar-refractivity contribution in [3.8, 4) is 0 Å². The molecule has 0 spiro atoms. The van der Waals surface area contributed by atoms with Crippen molar-refractivity contribution in [1.29, 1.82) is 0 Å². The number of nitrogens with zero attached hydrogens (tertiary/aromatic N) is 1. The van der Waals surface area contributed by atoms with Gasteiger partial charge in [0.2, 0.25) is 0 Å². The number of hydrogen-bond donors (Lipinski definition) is 1. The third-order valence-electron chi connectivity index (χ3n) is 2.78. The van der Waals surface area contributed by atoms with Gasteiger partial charge in [-0.1, -0.05) is 17.7 Å². The lowest BCUT2D eigenvalue weighted by Gasteiger charge is -2.05. The SMILES string of the molecule is Cc1c(Cl)sc2c(NCc3cccs3)ccnc12. The van der Waals surface area contributed by atoms with E-state index in [4.69, 9.17) is 11.6 Å². The van der Waals surface area contributed by atoms with E-state index in [1.165, 1.54) is 4.88 Å². The van der Waals surface area contributed by atoms with E-state index in [9.17, 15) is 0 Å². The van der Waals surface area contributed by atoms with Crippen LogP contribution in [0.5, 0.6) is 0 Å². The average Bonchev–Trinajstić information content (AvgIpc) is 2.98. The Balaban J connectivity index is 1.94. The first kappa shape index (κ1) is 12.0. The summed E-state index contributed by atoms with van der Waals surface area (Å²) < 4.78 is 1.96. The van der Waals surface area contributed by atoms with Gasteiger partial charge in [0.15, 0.2) is 0 Å². The molecule has 18 heavy (non-hydrogen) atoms. The van der Waals surface area contributed by atoms with E-state index in [1.807, 2.05) is 19.2 Å². The minimum absolute atomic E-state index is 0.822. The molecule has 0 saturated heterocycles. The highest BCUT2D eigenvalue weighted by atomic mass is 35.5. The van der Waals surface area contributed by atoms with Gasteiger partial charge in [-0.15, -0.1) is 22.7 Å². The molecule has 1 N–H and O–H groups in total. The Labute approximate surface area is 118 Å². The zero-order valence-corrected chi connectivity index (χ0v) is 12.1. The number of fused-ring (bicyclic) bond motifs is 1. The molecule has 5 heteroatoms. The molecule has 3 aromatic rings. The molecule has 3 rings (SSSR count). The summed E-state index contributed by atoms with van der Waals surface area (Å²) in [5.74, 6) is 0. The predicted octanol–water partition coefficient (Wildman–Crippen LogP) is 4.93. The molecule has 0 amide bonds. The molecule has 0 saturated carbocycles. The second kappa shape index (κ2) is 4.88. The maximum atomic E-state index is 6.18. The van der Waals surface area contributed by atoms with E-state index < -0.39 is 0 Å². The Morgan fingerprint density at radius 3 is 3.06 bits per heavy atom. The highest BCUT2D eigenvalue weighted by molar-refractivity contribution is 7.23. The number of aryl methyl sites for hydroxylation is 1. The van der Waals surface area contributed by atoms with E-state index in [0.717, 1.165) is 32.3 Å². The first-order valence-corrected chi connectivity index (χ1v) is 7.63. The van der Waals surface area contributed by atoms with Gasteiger partial charge < -0.3 is 5.32 Å². The smallest absolute Gasteiger partial charge is 0.0986 e. The summed E-state index contributed by atoms with van der Waals surface area (Å²) in [7, 11) is 0. The molecule has 0 aliphatic heterocycles. The summed E-state index contributed by atoms with van der Waals surface area (Å²) in [6.45, 7) is 2.85. The van der Waals surface area contributed by atoms with E-state index in [1.54, 1.807) is 22.7 Å². The Morgan fingerprint density at radius 1 is 1.39 bits per heavy atom. The Bertz CT molecular complexity index is 674. The van der Waals surface area contributed by atoms with Gasteiger partial charge in [-0.2, -0.15) is 0 Å². The van der Waals surface area contributed by atoms with Crippen molar-refractivity contribution >= 4 is 50.2 Å². The third-order valence-corrected chi connectivity index (χ3v) is 5.27. The highest BCUT2D eigenvalue weighted by Gasteiger charge is 2.11. The second-order valence-corrected chi connectivity index (χ2v) is 6.62. The number of pyridine rings is 1. The molecule has 0 aliphatic rings. The maximum Gasteiger partial charge on any atom is 0.0986 e. The van der Waals surface area contributed by atoms with E-state index >= 15 is 0 Å². The van der Waals surface area contributed by atoms with Crippen LogP contribution in [-0.4, -0.2) is 4.98 Å². The van der Waals surface area contributed by atoms with Crippen molar-refractivity contribution < 1.29 is 0 Å². The maximum absolute atomic E-state index is 6.18. The van der Waals surface area contributed by atoms with Crippen molar-refractivity contribution in [2.24, 2.45) is 0 Å². The van der Waals surface area contributed by atoms with Crippen LogP contribution in [0.25, 0.3) is 10.2 Å². The van der Waals surface area contributed by atoms with Crippen LogP contribution < -0.4 is 5.32 Å². The zero-order chi connectivity index (χ0) is 12.5.